The first-order valence-corrected chi connectivity index (χ1v) is 6.29. The van der Waals surface area contributed by atoms with Crippen molar-refractivity contribution in [3.63, 3.8) is 0 Å². The van der Waals surface area contributed by atoms with Crippen LogP contribution in [0.3, 0.4) is 0 Å². The van der Waals surface area contributed by atoms with Gasteiger partial charge in [0.2, 0.25) is 0 Å². The van der Waals surface area contributed by atoms with Crippen molar-refractivity contribution in [3.8, 4) is 0 Å². The van der Waals surface area contributed by atoms with Crippen LogP contribution in [-0.4, -0.2) is 25.0 Å². The van der Waals surface area contributed by atoms with Crippen LogP contribution in [0.2, 0.25) is 0 Å². The van der Waals surface area contributed by atoms with Gasteiger partial charge in [0.15, 0.2) is 0 Å². The van der Waals surface area contributed by atoms with Gasteiger partial charge in [-0.2, -0.15) is 0 Å². The first kappa shape index (κ1) is 10.2. The lowest BCUT2D eigenvalue weighted by Gasteiger charge is -2.18. The zero-order chi connectivity index (χ0) is 9.52. The molecule has 0 aliphatic heterocycles. The lowest BCUT2D eigenvalue weighted by atomic mass is 10.2. The van der Waals surface area contributed by atoms with Crippen molar-refractivity contribution in [3.05, 3.63) is 48.7 Å². The van der Waals surface area contributed by atoms with Crippen molar-refractivity contribution >= 4 is 20.4 Å². The van der Waals surface area contributed by atoms with E-state index in [1.165, 1.54) is 5.56 Å². The Labute approximate surface area is 84.8 Å². The van der Waals surface area contributed by atoms with E-state index in [1.54, 1.807) is 0 Å². The molecular formula is C9H15NOSi2. The molecule has 0 unspecified atom stereocenters. The molecule has 1 rings (SSSR count). The normalized spacial score (nSPS) is 10.8. The summed E-state index contributed by atoms with van der Waals surface area (Å²) in [5.74, 6) is 0. The van der Waals surface area contributed by atoms with Crippen molar-refractivity contribution < 1.29 is 4.12 Å². The SMILES string of the molecule is C=CN(Cc1ccccc1)[SiH2]O[SiH3]. The third-order valence-electron chi connectivity index (χ3n) is 1.78. The molecule has 13 heavy (non-hydrogen) atoms. The third kappa shape index (κ3) is 3.58. The number of benzene rings is 1. The highest BCUT2D eigenvalue weighted by Gasteiger charge is 1.98. The van der Waals surface area contributed by atoms with Gasteiger partial charge in [0.25, 0.3) is 9.92 Å². The molecule has 0 spiro atoms. The van der Waals surface area contributed by atoms with Crippen LogP contribution in [0.1, 0.15) is 5.56 Å². The van der Waals surface area contributed by atoms with Gasteiger partial charge in [-0.1, -0.05) is 36.9 Å². The summed E-state index contributed by atoms with van der Waals surface area (Å²) < 4.78 is 7.48. The molecule has 0 aliphatic carbocycles. The second-order valence-corrected chi connectivity index (χ2v) is 6.21. The van der Waals surface area contributed by atoms with Crippen LogP contribution >= 0.6 is 0 Å². The molecule has 0 radical (unpaired) electrons. The van der Waals surface area contributed by atoms with Gasteiger partial charge >= 0.3 is 0 Å². The van der Waals surface area contributed by atoms with E-state index < -0.39 is 9.92 Å². The predicted molar refractivity (Wildman–Crippen MR) is 61.8 cm³/mol. The van der Waals surface area contributed by atoms with Gasteiger partial charge in [0.05, 0.1) is 0 Å². The summed E-state index contributed by atoms with van der Waals surface area (Å²) in [6.07, 6.45) is 1.87. The molecule has 1 aromatic rings. The van der Waals surface area contributed by atoms with E-state index in [4.69, 9.17) is 4.12 Å². The van der Waals surface area contributed by atoms with Gasteiger partial charge in [-0.05, 0) is 11.8 Å². The van der Waals surface area contributed by atoms with Gasteiger partial charge in [0.1, 0.15) is 10.5 Å². The van der Waals surface area contributed by atoms with Gasteiger partial charge in [-0.3, -0.25) is 0 Å². The zero-order valence-corrected chi connectivity index (χ0v) is 11.4. The van der Waals surface area contributed by atoms with E-state index in [-0.39, 0.29) is 0 Å². The average Bonchev–Trinajstić information content (AvgIpc) is 2.19. The van der Waals surface area contributed by atoms with Crippen molar-refractivity contribution in [2.45, 2.75) is 6.54 Å². The monoisotopic (exact) mass is 209 g/mol. The molecule has 0 aliphatic rings. The van der Waals surface area contributed by atoms with Crippen LogP contribution in [0.4, 0.5) is 0 Å². The van der Waals surface area contributed by atoms with E-state index in [1.807, 2.05) is 12.3 Å². The molecular weight excluding hydrogens is 194 g/mol. The molecule has 1 aromatic carbocycles. The zero-order valence-electron chi connectivity index (χ0n) is 7.94. The summed E-state index contributed by atoms with van der Waals surface area (Å²) in [5, 5.41) is 0. The van der Waals surface area contributed by atoms with E-state index in [0.29, 0.717) is 0 Å². The molecule has 0 aromatic heterocycles. The minimum absolute atomic E-state index is 0.531. The highest BCUT2D eigenvalue weighted by Crippen LogP contribution is 2.02. The van der Waals surface area contributed by atoms with Crippen molar-refractivity contribution in [1.29, 1.82) is 0 Å². The fourth-order valence-corrected chi connectivity index (χ4v) is 2.93. The maximum atomic E-state index is 5.30. The lowest BCUT2D eigenvalue weighted by Crippen LogP contribution is -2.22. The Kier molecular flexibility index (Phi) is 4.52. The van der Waals surface area contributed by atoms with Crippen LogP contribution in [-0.2, 0) is 10.7 Å². The molecule has 0 atom stereocenters. The molecule has 0 N–H and O–H groups in total. The second kappa shape index (κ2) is 5.74. The van der Waals surface area contributed by atoms with Crippen LogP contribution in [0.25, 0.3) is 0 Å². The fraction of sp³-hybridized carbons (Fsp3) is 0.111. The maximum Gasteiger partial charge on any atom is 0.256 e. The summed E-state index contributed by atoms with van der Waals surface area (Å²) in [4.78, 5) is 0. The van der Waals surface area contributed by atoms with Gasteiger partial charge in [0, 0.05) is 6.54 Å². The Morgan fingerprint density at radius 2 is 2.15 bits per heavy atom. The second-order valence-electron chi connectivity index (χ2n) is 2.83. The minimum atomic E-state index is -0.531. The molecule has 0 amide bonds. The molecule has 0 bridgehead atoms. The van der Waals surface area contributed by atoms with E-state index in [0.717, 1.165) is 17.0 Å². The molecule has 70 valence electrons. The van der Waals surface area contributed by atoms with Crippen LogP contribution in [0.5, 0.6) is 0 Å². The topological polar surface area (TPSA) is 12.5 Å². The standard InChI is InChI=1S/C9H15NOSi2/c1-2-10(13-11-12)8-9-6-4-3-5-7-9/h2-7H,1,8,13H2,12H3. The Bertz CT molecular complexity index is 253. The average molecular weight is 209 g/mol. The Balaban J connectivity index is 2.51. The molecule has 0 fully saturated rings. The maximum absolute atomic E-state index is 5.30. The predicted octanol–water partition coefficient (Wildman–Crippen LogP) is -0.0721. The van der Waals surface area contributed by atoms with Crippen LogP contribution in [0.15, 0.2) is 43.1 Å². The molecule has 4 heteroatoms. The molecule has 0 saturated heterocycles. The summed E-state index contributed by atoms with van der Waals surface area (Å²) in [6.45, 7) is 4.70. The number of hydrogen-bond donors (Lipinski definition) is 0. The Morgan fingerprint density at radius 1 is 1.46 bits per heavy atom. The van der Waals surface area contributed by atoms with E-state index in [2.05, 4.69) is 35.4 Å². The fourth-order valence-electron chi connectivity index (χ4n) is 1.15. The van der Waals surface area contributed by atoms with Gasteiger partial charge < -0.3 is 8.68 Å². The Hall–Kier alpha value is -0.846. The number of nitrogens with zero attached hydrogens (tertiary/aromatic N) is 1. The smallest absolute Gasteiger partial charge is 0.256 e. The van der Waals surface area contributed by atoms with E-state index in [9.17, 15) is 0 Å². The number of rotatable bonds is 5. The summed E-state index contributed by atoms with van der Waals surface area (Å²) in [7, 11) is 0.300. The third-order valence-corrected chi connectivity index (χ3v) is 3.63. The highest BCUT2D eigenvalue weighted by molar-refractivity contribution is 6.31. The van der Waals surface area contributed by atoms with Crippen LogP contribution in [0, 0.1) is 0 Å². The Morgan fingerprint density at radius 3 is 2.69 bits per heavy atom. The van der Waals surface area contributed by atoms with Crippen molar-refractivity contribution in [1.82, 2.24) is 4.57 Å². The summed E-state index contributed by atoms with van der Waals surface area (Å²) in [5.41, 5.74) is 1.31. The first-order valence-electron chi connectivity index (χ1n) is 4.26. The van der Waals surface area contributed by atoms with Crippen LogP contribution < -0.4 is 0 Å². The van der Waals surface area contributed by atoms with Crippen molar-refractivity contribution in [2.24, 2.45) is 0 Å². The lowest BCUT2D eigenvalue weighted by molar-refractivity contribution is 0.497. The largest absolute Gasteiger partial charge is 0.453 e. The van der Waals surface area contributed by atoms with Gasteiger partial charge in [-0.15, -0.1) is 0 Å². The van der Waals surface area contributed by atoms with Crippen molar-refractivity contribution in [2.75, 3.05) is 0 Å². The van der Waals surface area contributed by atoms with E-state index >= 15 is 0 Å². The molecule has 0 saturated carbocycles. The quantitative estimate of drug-likeness (QED) is 0.630. The summed E-state index contributed by atoms with van der Waals surface area (Å²) >= 11 is 0. The first-order chi connectivity index (χ1) is 6.36. The molecule has 2 nitrogen and oxygen atoms in total. The highest BCUT2D eigenvalue weighted by atomic mass is 28.3. The van der Waals surface area contributed by atoms with Gasteiger partial charge in [-0.25, -0.2) is 0 Å². The number of hydrogen-bond acceptors (Lipinski definition) is 2. The summed E-state index contributed by atoms with van der Waals surface area (Å²) in [6, 6.07) is 10.4. The molecule has 0 heterocycles. The minimum Gasteiger partial charge on any atom is -0.453 e.